The topological polar surface area (TPSA) is 64.6 Å². The molecular formula is C35H55NO4. The van der Waals surface area contributed by atoms with E-state index in [0.717, 1.165) is 44.9 Å². The molecule has 5 heteroatoms. The summed E-state index contributed by atoms with van der Waals surface area (Å²) >= 11 is 0. The van der Waals surface area contributed by atoms with Crippen LogP contribution in [0, 0.1) is 11.3 Å². The van der Waals surface area contributed by atoms with E-state index in [4.69, 9.17) is 9.47 Å². The number of hydrogen-bond donors (Lipinski definition) is 1. The third-order valence-corrected chi connectivity index (χ3v) is 6.85. The van der Waals surface area contributed by atoms with Crippen LogP contribution in [0.2, 0.25) is 0 Å². The van der Waals surface area contributed by atoms with E-state index in [1.54, 1.807) is 0 Å². The zero-order chi connectivity index (χ0) is 29.7. The van der Waals surface area contributed by atoms with Crippen LogP contribution >= 0.6 is 0 Å². The van der Waals surface area contributed by atoms with Gasteiger partial charge < -0.3 is 14.8 Å². The molecule has 40 heavy (non-hydrogen) atoms. The lowest BCUT2D eigenvalue weighted by molar-refractivity contribution is -0.154. The van der Waals surface area contributed by atoms with Gasteiger partial charge in [0.25, 0.3) is 0 Å². The molecule has 5 nitrogen and oxygen atoms in total. The molecule has 0 saturated carbocycles. The van der Waals surface area contributed by atoms with E-state index < -0.39 is 5.60 Å². The Balaban J connectivity index is 2.13. The Labute approximate surface area is 244 Å². The number of nitrogens with one attached hydrogen (secondary N) is 1. The molecule has 0 radical (unpaired) electrons. The Morgan fingerprint density at radius 3 is 1.95 bits per heavy atom. The number of carbonyl (C=O) groups excluding carboxylic acids is 2. The van der Waals surface area contributed by atoms with Gasteiger partial charge in [0.05, 0.1) is 6.42 Å². The first-order valence-corrected chi connectivity index (χ1v) is 15.1. The lowest BCUT2D eigenvalue weighted by Gasteiger charge is -2.31. The van der Waals surface area contributed by atoms with Gasteiger partial charge in [0.15, 0.2) is 0 Å². The number of esters is 2. The van der Waals surface area contributed by atoms with Crippen molar-refractivity contribution in [3.63, 3.8) is 0 Å². The molecule has 0 fully saturated rings. The highest BCUT2D eigenvalue weighted by Gasteiger charge is 2.39. The minimum Gasteiger partial charge on any atom is -0.465 e. The van der Waals surface area contributed by atoms with Crippen molar-refractivity contribution in [3.05, 3.63) is 72.9 Å². The van der Waals surface area contributed by atoms with Gasteiger partial charge in [-0.05, 0) is 71.6 Å². The summed E-state index contributed by atoms with van der Waals surface area (Å²) in [6.45, 7) is 13.0. The number of unbranched alkanes of at least 4 members (excludes halogenated alkanes) is 1. The van der Waals surface area contributed by atoms with Crippen molar-refractivity contribution in [2.24, 2.45) is 11.3 Å². The Hall–Kier alpha value is -2.66. The molecule has 0 aliphatic heterocycles. The van der Waals surface area contributed by atoms with E-state index in [1.165, 1.54) is 0 Å². The van der Waals surface area contributed by atoms with E-state index >= 15 is 0 Å². The van der Waals surface area contributed by atoms with Gasteiger partial charge in [-0.1, -0.05) is 93.7 Å². The molecule has 0 aromatic rings. The largest absolute Gasteiger partial charge is 0.465 e. The molecule has 0 bridgehead atoms. The summed E-state index contributed by atoms with van der Waals surface area (Å²) < 4.78 is 11.0. The van der Waals surface area contributed by atoms with Gasteiger partial charge in [-0.15, -0.1) is 0 Å². The van der Waals surface area contributed by atoms with Gasteiger partial charge in [0, 0.05) is 24.4 Å². The van der Waals surface area contributed by atoms with Crippen molar-refractivity contribution in [2.45, 2.75) is 111 Å². The Morgan fingerprint density at radius 2 is 1.40 bits per heavy atom. The highest BCUT2D eigenvalue weighted by Crippen LogP contribution is 2.38. The van der Waals surface area contributed by atoms with Crippen LogP contribution in [0.25, 0.3) is 0 Å². The van der Waals surface area contributed by atoms with Crippen molar-refractivity contribution in [3.8, 4) is 0 Å². The summed E-state index contributed by atoms with van der Waals surface area (Å²) in [5.74, 6) is -0.0911. The van der Waals surface area contributed by atoms with Crippen molar-refractivity contribution >= 4 is 11.9 Å². The number of carbonyl (C=O) groups is 2. The molecule has 0 aromatic carbocycles. The van der Waals surface area contributed by atoms with Crippen LogP contribution in [0.1, 0.15) is 99.3 Å². The van der Waals surface area contributed by atoms with Crippen LogP contribution in [0.15, 0.2) is 72.9 Å². The van der Waals surface area contributed by atoms with Crippen molar-refractivity contribution in [2.75, 3.05) is 13.2 Å². The summed E-state index contributed by atoms with van der Waals surface area (Å²) in [6, 6.07) is 0.140. The average molecular weight is 554 g/mol. The first-order valence-electron chi connectivity index (χ1n) is 15.1. The van der Waals surface area contributed by atoms with Gasteiger partial charge in [0.2, 0.25) is 0 Å². The van der Waals surface area contributed by atoms with Crippen molar-refractivity contribution < 1.29 is 19.1 Å². The molecule has 0 spiro atoms. The Kier molecular flexibility index (Phi) is 17.9. The molecule has 0 saturated heterocycles. The first-order chi connectivity index (χ1) is 19.1. The molecule has 1 aliphatic carbocycles. The van der Waals surface area contributed by atoms with Crippen LogP contribution in [-0.2, 0) is 19.1 Å². The fraction of sp³-hybridized carbons (Fsp3) is 0.600. The molecular weight excluding hydrogens is 498 g/mol. The summed E-state index contributed by atoms with van der Waals surface area (Å²) in [7, 11) is 0. The zero-order valence-electron chi connectivity index (χ0n) is 26.0. The van der Waals surface area contributed by atoms with Gasteiger partial charge in [-0.25, -0.2) is 0 Å². The minimum absolute atomic E-state index is 0.140. The van der Waals surface area contributed by atoms with E-state index in [2.05, 4.69) is 99.0 Å². The SMILES string of the molecule is CC/C=C\C/C=C\C/C=C\C/C=C\C/C=C\CCCC(=O)OCC1(C)C=CC(NCCC(=O)OC(C)(C)C)[C@@H]1C. The molecule has 0 aromatic heterocycles. The Bertz CT molecular complexity index is 903. The summed E-state index contributed by atoms with van der Waals surface area (Å²) in [4.78, 5) is 24.2. The first kappa shape index (κ1) is 35.4. The van der Waals surface area contributed by atoms with Crippen LogP contribution in [0.5, 0.6) is 0 Å². The summed E-state index contributed by atoms with van der Waals surface area (Å²) in [5, 5.41) is 3.43. The fourth-order valence-corrected chi connectivity index (χ4v) is 4.25. The zero-order valence-corrected chi connectivity index (χ0v) is 26.0. The van der Waals surface area contributed by atoms with Gasteiger partial charge in [-0.2, -0.15) is 0 Å². The van der Waals surface area contributed by atoms with Gasteiger partial charge >= 0.3 is 11.9 Å². The fourth-order valence-electron chi connectivity index (χ4n) is 4.25. The molecule has 0 heterocycles. The van der Waals surface area contributed by atoms with Gasteiger partial charge in [-0.3, -0.25) is 9.59 Å². The minimum atomic E-state index is -0.463. The smallest absolute Gasteiger partial charge is 0.307 e. The normalized spacial score (nSPS) is 21.6. The summed E-state index contributed by atoms with van der Waals surface area (Å²) in [5.41, 5.74) is -0.682. The van der Waals surface area contributed by atoms with E-state index in [-0.39, 0.29) is 29.3 Å². The second kappa shape index (κ2) is 20.3. The second-order valence-electron chi connectivity index (χ2n) is 11.7. The van der Waals surface area contributed by atoms with Crippen LogP contribution in [0.4, 0.5) is 0 Å². The van der Waals surface area contributed by atoms with Crippen molar-refractivity contribution in [1.82, 2.24) is 5.32 Å². The highest BCUT2D eigenvalue weighted by molar-refractivity contribution is 5.70. The number of ether oxygens (including phenoxy) is 2. The lowest BCUT2D eigenvalue weighted by Crippen LogP contribution is -2.40. The molecule has 2 unspecified atom stereocenters. The maximum Gasteiger partial charge on any atom is 0.307 e. The molecule has 224 valence electrons. The summed E-state index contributed by atoms with van der Waals surface area (Å²) in [6.07, 6.45) is 33.5. The molecule has 3 atom stereocenters. The lowest BCUT2D eigenvalue weighted by atomic mass is 9.80. The molecule has 0 amide bonds. The van der Waals surface area contributed by atoms with E-state index in [1.807, 2.05) is 20.8 Å². The Morgan fingerprint density at radius 1 is 0.850 bits per heavy atom. The predicted molar refractivity (Wildman–Crippen MR) is 168 cm³/mol. The van der Waals surface area contributed by atoms with E-state index in [0.29, 0.717) is 26.0 Å². The molecule has 1 aliphatic rings. The third-order valence-electron chi connectivity index (χ3n) is 6.85. The van der Waals surface area contributed by atoms with Crippen LogP contribution in [0.3, 0.4) is 0 Å². The van der Waals surface area contributed by atoms with Crippen molar-refractivity contribution in [1.29, 1.82) is 0 Å². The predicted octanol–water partition coefficient (Wildman–Crippen LogP) is 8.35. The quantitative estimate of drug-likeness (QED) is 0.0989. The molecule has 1 rings (SSSR count). The maximum atomic E-state index is 12.3. The second-order valence-corrected chi connectivity index (χ2v) is 11.7. The van der Waals surface area contributed by atoms with Crippen LogP contribution < -0.4 is 5.32 Å². The number of allylic oxidation sites excluding steroid dienone is 10. The van der Waals surface area contributed by atoms with E-state index in [9.17, 15) is 9.59 Å². The van der Waals surface area contributed by atoms with Gasteiger partial charge in [0.1, 0.15) is 12.2 Å². The van der Waals surface area contributed by atoms with Crippen LogP contribution in [-0.4, -0.2) is 36.7 Å². The number of hydrogen-bond acceptors (Lipinski definition) is 5. The average Bonchev–Trinajstić information content (AvgIpc) is 3.17. The monoisotopic (exact) mass is 553 g/mol. The standard InChI is InChI=1S/C35H55NO4/c1-7-8-9-10-11-12-13-14-15-16-17-18-19-20-21-22-23-24-32(37)39-29-35(6)27-25-31(30(35)2)36-28-26-33(38)40-34(3,4)5/h8-9,11-12,14-15,17-18,20-21,25,27,30-31,36H,7,10,13,16,19,22-24,26,28-29H2,1-6H3/b9-8-,12-11-,15-14-,18-17-,21-20-/t30-,31?,35?/m0/s1. The molecule has 1 N–H and O–H groups in total. The number of rotatable bonds is 19. The maximum absolute atomic E-state index is 12.3. The highest BCUT2D eigenvalue weighted by atomic mass is 16.6. The third kappa shape index (κ3) is 17.1.